The van der Waals surface area contributed by atoms with Crippen molar-refractivity contribution in [1.29, 1.82) is 0 Å². The molecule has 16 heavy (non-hydrogen) atoms. The van der Waals surface area contributed by atoms with Crippen LogP contribution in [0.2, 0.25) is 0 Å². The second-order valence-electron chi connectivity index (χ2n) is 3.25. The number of rotatable bonds is 4. The van der Waals surface area contributed by atoms with Gasteiger partial charge in [-0.3, -0.25) is 9.48 Å². The number of carbonyl (C=O) groups excluding carboxylic acids is 1. The number of thiazole rings is 1. The van der Waals surface area contributed by atoms with Crippen molar-refractivity contribution in [2.45, 2.75) is 19.9 Å². The van der Waals surface area contributed by atoms with Crippen molar-refractivity contribution in [1.82, 2.24) is 19.7 Å². The van der Waals surface area contributed by atoms with Crippen LogP contribution in [0, 0.1) is 6.92 Å². The molecule has 1 amide bonds. The molecule has 0 aromatic carbocycles. The van der Waals surface area contributed by atoms with Gasteiger partial charge in [0.25, 0.3) is 0 Å². The van der Waals surface area contributed by atoms with E-state index in [4.69, 9.17) is 0 Å². The SMILES string of the molecule is Cc1csc(NC(=O)CCn2cncn2)n1. The zero-order valence-corrected chi connectivity index (χ0v) is 9.57. The van der Waals surface area contributed by atoms with Gasteiger partial charge in [0.05, 0.1) is 12.2 Å². The highest BCUT2D eigenvalue weighted by atomic mass is 32.1. The Morgan fingerprint density at radius 3 is 3.12 bits per heavy atom. The van der Waals surface area contributed by atoms with E-state index < -0.39 is 0 Å². The maximum Gasteiger partial charge on any atom is 0.228 e. The number of hydrogen-bond acceptors (Lipinski definition) is 5. The Hall–Kier alpha value is -1.76. The highest BCUT2D eigenvalue weighted by Crippen LogP contribution is 2.14. The van der Waals surface area contributed by atoms with Crippen molar-refractivity contribution in [3.8, 4) is 0 Å². The zero-order valence-electron chi connectivity index (χ0n) is 8.75. The van der Waals surface area contributed by atoms with E-state index in [-0.39, 0.29) is 5.91 Å². The van der Waals surface area contributed by atoms with E-state index in [1.165, 1.54) is 17.7 Å². The van der Waals surface area contributed by atoms with Crippen molar-refractivity contribution in [3.63, 3.8) is 0 Å². The molecule has 0 aliphatic carbocycles. The van der Waals surface area contributed by atoms with Gasteiger partial charge in [-0.2, -0.15) is 5.10 Å². The van der Waals surface area contributed by atoms with Crippen LogP contribution in [0.1, 0.15) is 12.1 Å². The standard InChI is InChI=1S/C9H11N5OS/c1-7-4-16-9(12-7)13-8(15)2-3-14-6-10-5-11-14/h4-6H,2-3H2,1H3,(H,12,13,15). The molecule has 7 heteroatoms. The first-order valence-electron chi connectivity index (χ1n) is 4.78. The fourth-order valence-corrected chi connectivity index (χ4v) is 1.86. The summed E-state index contributed by atoms with van der Waals surface area (Å²) in [5.74, 6) is -0.0650. The summed E-state index contributed by atoms with van der Waals surface area (Å²) in [6, 6.07) is 0. The highest BCUT2D eigenvalue weighted by Gasteiger charge is 2.05. The third kappa shape index (κ3) is 2.86. The van der Waals surface area contributed by atoms with E-state index in [2.05, 4.69) is 20.4 Å². The Bertz CT molecular complexity index is 464. The monoisotopic (exact) mass is 237 g/mol. The summed E-state index contributed by atoms with van der Waals surface area (Å²) in [5, 5.41) is 9.18. The smallest absolute Gasteiger partial charge is 0.228 e. The minimum Gasteiger partial charge on any atom is -0.302 e. The number of nitrogens with one attached hydrogen (secondary N) is 1. The summed E-state index contributed by atoms with van der Waals surface area (Å²) in [4.78, 5) is 19.5. The molecule has 1 N–H and O–H groups in total. The van der Waals surface area contributed by atoms with Gasteiger partial charge in [0.15, 0.2) is 5.13 Å². The second kappa shape index (κ2) is 4.84. The molecule has 2 heterocycles. The van der Waals surface area contributed by atoms with Crippen LogP contribution in [0.25, 0.3) is 0 Å². The number of hydrogen-bond donors (Lipinski definition) is 1. The first-order chi connectivity index (χ1) is 7.74. The summed E-state index contributed by atoms with van der Waals surface area (Å²) in [7, 11) is 0. The van der Waals surface area contributed by atoms with Gasteiger partial charge in [-0.25, -0.2) is 9.97 Å². The van der Waals surface area contributed by atoms with Crippen LogP contribution < -0.4 is 5.32 Å². The number of nitrogens with zero attached hydrogens (tertiary/aromatic N) is 4. The third-order valence-corrected chi connectivity index (χ3v) is 2.78. The average molecular weight is 237 g/mol. The van der Waals surface area contributed by atoms with Crippen molar-refractivity contribution in [2.75, 3.05) is 5.32 Å². The summed E-state index contributed by atoms with van der Waals surface area (Å²) < 4.78 is 1.62. The predicted molar refractivity (Wildman–Crippen MR) is 60.1 cm³/mol. The first kappa shape index (κ1) is 10.7. The largest absolute Gasteiger partial charge is 0.302 e. The molecule has 0 atom stereocenters. The van der Waals surface area contributed by atoms with Crippen molar-refractivity contribution in [2.24, 2.45) is 0 Å². The van der Waals surface area contributed by atoms with E-state index in [0.29, 0.717) is 18.1 Å². The predicted octanol–water partition coefficient (Wildman–Crippen LogP) is 1.07. The van der Waals surface area contributed by atoms with Crippen LogP contribution in [0.4, 0.5) is 5.13 Å². The Labute approximate surface area is 96.3 Å². The molecule has 0 fully saturated rings. The minimum atomic E-state index is -0.0650. The fraction of sp³-hybridized carbons (Fsp3) is 0.333. The molecular weight excluding hydrogens is 226 g/mol. The lowest BCUT2D eigenvalue weighted by molar-refractivity contribution is -0.116. The molecule has 0 unspecified atom stereocenters. The van der Waals surface area contributed by atoms with Gasteiger partial charge in [0.1, 0.15) is 12.7 Å². The molecule has 2 aromatic heterocycles. The van der Waals surface area contributed by atoms with E-state index in [1.807, 2.05) is 12.3 Å². The van der Waals surface area contributed by atoms with Gasteiger partial charge < -0.3 is 5.32 Å². The van der Waals surface area contributed by atoms with Gasteiger partial charge in [0, 0.05) is 11.8 Å². The molecule has 0 radical (unpaired) electrons. The Morgan fingerprint density at radius 2 is 2.50 bits per heavy atom. The maximum absolute atomic E-state index is 11.5. The molecule has 2 rings (SSSR count). The molecule has 0 aliphatic rings. The first-order valence-corrected chi connectivity index (χ1v) is 5.66. The number of carbonyl (C=O) groups is 1. The van der Waals surface area contributed by atoms with Crippen LogP contribution in [-0.2, 0) is 11.3 Å². The van der Waals surface area contributed by atoms with Crippen molar-refractivity contribution in [3.05, 3.63) is 23.7 Å². The maximum atomic E-state index is 11.5. The Morgan fingerprint density at radius 1 is 1.62 bits per heavy atom. The summed E-state index contributed by atoms with van der Waals surface area (Å²) in [5.41, 5.74) is 0.913. The summed E-state index contributed by atoms with van der Waals surface area (Å²) >= 11 is 1.42. The zero-order chi connectivity index (χ0) is 11.4. The van der Waals surface area contributed by atoms with E-state index in [0.717, 1.165) is 5.69 Å². The van der Waals surface area contributed by atoms with Gasteiger partial charge in [-0.15, -0.1) is 11.3 Å². The molecule has 0 saturated carbocycles. The van der Waals surface area contributed by atoms with Crippen LogP contribution in [-0.4, -0.2) is 25.7 Å². The summed E-state index contributed by atoms with van der Waals surface area (Å²) in [6.07, 6.45) is 3.39. The molecule has 84 valence electrons. The summed E-state index contributed by atoms with van der Waals surface area (Å²) in [6.45, 7) is 2.41. The van der Waals surface area contributed by atoms with Gasteiger partial charge in [-0.1, -0.05) is 0 Å². The topological polar surface area (TPSA) is 72.7 Å². The molecule has 2 aromatic rings. The molecule has 0 bridgehead atoms. The lowest BCUT2D eigenvalue weighted by Crippen LogP contribution is -2.14. The van der Waals surface area contributed by atoms with E-state index >= 15 is 0 Å². The fourth-order valence-electron chi connectivity index (χ4n) is 1.16. The number of aromatic nitrogens is 4. The normalized spacial score (nSPS) is 10.3. The quantitative estimate of drug-likeness (QED) is 0.863. The number of amides is 1. The highest BCUT2D eigenvalue weighted by molar-refractivity contribution is 7.13. The lowest BCUT2D eigenvalue weighted by Gasteiger charge is -2.01. The lowest BCUT2D eigenvalue weighted by atomic mass is 10.4. The van der Waals surface area contributed by atoms with Crippen molar-refractivity contribution >= 4 is 22.4 Å². The molecule has 0 saturated heterocycles. The second-order valence-corrected chi connectivity index (χ2v) is 4.11. The van der Waals surface area contributed by atoms with Gasteiger partial charge in [-0.05, 0) is 6.92 Å². The van der Waals surface area contributed by atoms with Crippen LogP contribution >= 0.6 is 11.3 Å². The Kier molecular flexibility index (Phi) is 3.25. The van der Waals surface area contributed by atoms with Crippen LogP contribution in [0.3, 0.4) is 0 Å². The van der Waals surface area contributed by atoms with Crippen LogP contribution in [0.5, 0.6) is 0 Å². The molecule has 0 aliphatic heterocycles. The molecule has 6 nitrogen and oxygen atoms in total. The average Bonchev–Trinajstić information content (AvgIpc) is 2.87. The van der Waals surface area contributed by atoms with E-state index in [9.17, 15) is 4.79 Å². The number of anilines is 1. The van der Waals surface area contributed by atoms with Gasteiger partial charge in [0.2, 0.25) is 5.91 Å². The molecule has 0 spiro atoms. The Balaban J connectivity index is 1.81. The third-order valence-electron chi connectivity index (χ3n) is 1.90. The minimum absolute atomic E-state index is 0.0650. The van der Waals surface area contributed by atoms with Crippen LogP contribution in [0.15, 0.2) is 18.0 Å². The molecular formula is C9H11N5OS. The van der Waals surface area contributed by atoms with E-state index in [1.54, 1.807) is 11.0 Å². The number of aryl methyl sites for hydroxylation is 2. The van der Waals surface area contributed by atoms with Crippen molar-refractivity contribution < 1.29 is 4.79 Å². The van der Waals surface area contributed by atoms with Gasteiger partial charge >= 0.3 is 0 Å².